The van der Waals surface area contributed by atoms with E-state index in [-0.39, 0.29) is 5.76 Å². The van der Waals surface area contributed by atoms with Crippen molar-refractivity contribution in [2.75, 3.05) is 13.1 Å². The Morgan fingerprint density at radius 3 is 2.64 bits per heavy atom. The molecule has 0 aliphatic carbocycles. The van der Waals surface area contributed by atoms with Gasteiger partial charge in [0.2, 0.25) is 0 Å². The Hall–Kier alpha value is -1.82. The fourth-order valence-electron chi connectivity index (χ4n) is 2.09. The maximum absolute atomic E-state index is 12.0. The van der Waals surface area contributed by atoms with Gasteiger partial charge in [-0.25, -0.2) is 0 Å². The van der Waals surface area contributed by atoms with E-state index in [1.807, 2.05) is 6.92 Å². The van der Waals surface area contributed by atoms with E-state index in [0.717, 1.165) is 38.0 Å². The molecule has 0 saturated carbocycles. The Balaban J connectivity index is 2.74. The Kier molecular flexibility index (Phi) is 7.11. The van der Waals surface area contributed by atoms with Crippen molar-refractivity contribution < 1.29 is 19.1 Å². The number of furan rings is 1. The molecule has 0 aliphatic rings. The lowest BCUT2D eigenvalue weighted by Gasteiger charge is -2.19. The van der Waals surface area contributed by atoms with Gasteiger partial charge < -0.3 is 14.8 Å². The van der Waals surface area contributed by atoms with E-state index in [1.165, 1.54) is 6.92 Å². The molecule has 0 aromatic carbocycles. The summed E-state index contributed by atoms with van der Waals surface area (Å²) in [7, 11) is 0. The van der Waals surface area contributed by atoms with E-state index in [1.54, 1.807) is 6.07 Å². The highest BCUT2D eigenvalue weighted by Gasteiger charge is 2.20. The number of nitrogens with zero attached hydrogens (tertiary/aromatic N) is 1. The van der Waals surface area contributed by atoms with Gasteiger partial charge in [0.1, 0.15) is 11.8 Å². The number of amides is 1. The van der Waals surface area contributed by atoms with Gasteiger partial charge in [0.15, 0.2) is 5.76 Å². The second-order valence-electron chi connectivity index (χ2n) is 5.45. The largest absolute Gasteiger partial charge is 0.480 e. The predicted octanol–water partition coefficient (Wildman–Crippen LogP) is 2.41. The summed E-state index contributed by atoms with van der Waals surface area (Å²) < 4.78 is 5.48. The zero-order valence-electron chi connectivity index (χ0n) is 13.8. The van der Waals surface area contributed by atoms with Gasteiger partial charge >= 0.3 is 5.97 Å². The molecule has 22 heavy (non-hydrogen) atoms. The number of carboxylic acids is 1. The quantitative estimate of drug-likeness (QED) is 0.732. The second kappa shape index (κ2) is 8.58. The van der Waals surface area contributed by atoms with Crippen LogP contribution >= 0.6 is 0 Å². The Morgan fingerprint density at radius 2 is 2.09 bits per heavy atom. The number of hydrogen-bond donors (Lipinski definition) is 2. The number of carbonyl (C=O) groups is 2. The van der Waals surface area contributed by atoms with Crippen LogP contribution < -0.4 is 5.32 Å². The van der Waals surface area contributed by atoms with Crippen LogP contribution in [0.2, 0.25) is 0 Å². The van der Waals surface area contributed by atoms with Crippen molar-refractivity contribution in [2.45, 2.75) is 53.1 Å². The van der Waals surface area contributed by atoms with Crippen molar-refractivity contribution in [3.8, 4) is 0 Å². The molecule has 2 N–H and O–H groups in total. The van der Waals surface area contributed by atoms with Gasteiger partial charge in [-0.2, -0.15) is 0 Å². The van der Waals surface area contributed by atoms with Crippen molar-refractivity contribution in [3.05, 3.63) is 23.2 Å². The first-order chi connectivity index (χ1) is 10.4. The number of aryl methyl sites for hydroxylation is 1. The van der Waals surface area contributed by atoms with Crippen LogP contribution in [0, 0.1) is 6.92 Å². The summed E-state index contributed by atoms with van der Waals surface area (Å²) in [4.78, 5) is 25.0. The SMILES string of the molecule is CCCCN(CC)Cc1cc(C(=O)NC(C)C(=O)O)oc1C. The van der Waals surface area contributed by atoms with E-state index in [0.29, 0.717) is 5.76 Å². The monoisotopic (exact) mass is 310 g/mol. The lowest BCUT2D eigenvalue weighted by atomic mass is 10.2. The van der Waals surface area contributed by atoms with E-state index in [9.17, 15) is 9.59 Å². The first-order valence-electron chi connectivity index (χ1n) is 7.74. The van der Waals surface area contributed by atoms with Crippen LogP contribution in [0.3, 0.4) is 0 Å². The third-order valence-corrected chi connectivity index (χ3v) is 3.63. The number of nitrogens with one attached hydrogen (secondary N) is 1. The molecule has 1 rings (SSSR count). The van der Waals surface area contributed by atoms with Gasteiger partial charge in [0.05, 0.1) is 0 Å². The molecule has 6 heteroatoms. The van der Waals surface area contributed by atoms with Crippen LogP contribution in [-0.2, 0) is 11.3 Å². The van der Waals surface area contributed by atoms with Crippen LogP contribution in [0.1, 0.15) is 55.5 Å². The van der Waals surface area contributed by atoms with Crippen molar-refractivity contribution in [2.24, 2.45) is 0 Å². The molecule has 0 radical (unpaired) electrons. The molecule has 1 aromatic heterocycles. The zero-order valence-corrected chi connectivity index (χ0v) is 13.8. The summed E-state index contributed by atoms with van der Waals surface area (Å²) in [6, 6.07) is 0.756. The van der Waals surface area contributed by atoms with E-state index < -0.39 is 17.9 Å². The minimum absolute atomic E-state index is 0.159. The topological polar surface area (TPSA) is 82.8 Å². The molecule has 1 unspecified atom stereocenters. The maximum Gasteiger partial charge on any atom is 0.325 e. The molecule has 1 aromatic rings. The van der Waals surface area contributed by atoms with E-state index in [4.69, 9.17) is 9.52 Å². The van der Waals surface area contributed by atoms with Gasteiger partial charge in [0, 0.05) is 12.1 Å². The van der Waals surface area contributed by atoms with Crippen molar-refractivity contribution in [3.63, 3.8) is 0 Å². The van der Waals surface area contributed by atoms with Crippen LogP contribution in [-0.4, -0.2) is 41.0 Å². The average Bonchev–Trinajstić information content (AvgIpc) is 2.84. The molecular weight excluding hydrogens is 284 g/mol. The minimum Gasteiger partial charge on any atom is -0.480 e. The summed E-state index contributed by atoms with van der Waals surface area (Å²) >= 11 is 0. The highest BCUT2D eigenvalue weighted by Crippen LogP contribution is 2.17. The number of unbranched alkanes of at least 4 members (excludes halogenated alkanes) is 1. The Labute approximate surface area is 131 Å². The summed E-state index contributed by atoms with van der Waals surface area (Å²) in [5.74, 6) is -0.718. The molecule has 1 amide bonds. The van der Waals surface area contributed by atoms with Crippen molar-refractivity contribution in [1.82, 2.24) is 10.2 Å². The highest BCUT2D eigenvalue weighted by atomic mass is 16.4. The minimum atomic E-state index is -1.08. The second-order valence-corrected chi connectivity index (χ2v) is 5.45. The zero-order chi connectivity index (χ0) is 16.7. The van der Waals surface area contributed by atoms with Crippen molar-refractivity contribution in [1.29, 1.82) is 0 Å². The van der Waals surface area contributed by atoms with Crippen LogP contribution in [0.5, 0.6) is 0 Å². The maximum atomic E-state index is 12.0. The third kappa shape index (κ3) is 5.18. The van der Waals surface area contributed by atoms with Gasteiger partial charge in [-0.05, 0) is 39.4 Å². The summed E-state index contributed by atoms with van der Waals surface area (Å²) in [6.45, 7) is 10.2. The molecule has 124 valence electrons. The first kappa shape index (κ1) is 18.2. The standard InChI is InChI=1S/C16H26N2O4/c1-5-7-8-18(6-2)10-13-9-14(22-12(13)4)15(19)17-11(3)16(20)21/h9,11H,5-8,10H2,1-4H3,(H,17,19)(H,20,21). The van der Waals surface area contributed by atoms with Crippen LogP contribution in [0.4, 0.5) is 0 Å². The van der Waals surface area contributed by atoms with Gasteiger partial charge in [-0.15, -0.1) is 0 Å². The van der Waals surface area contributed by atoms with Crippen LogP contribution in [0.15, 0.2) is 10.5 Å². The van der Waals surface area contributed by atoms with Crippen LogP contribution in [0.25, 0.3) is 0 Å². The van der Waals surface area contributed by atoms with Crippen molar-refractivity contribution >= 4 is 11.9 Å². The molecule has 0 fully saturated rings. The van der Waals surface area contributed by atoms with Gasteiger partial charge in [0.25, 0.3) is 5.91 Å². The predicted molar refractivity (Wildman–Crippen MR) is 83.9 cm³/mol. The first-order valence-corrected chi connectivity index (χ1v) is 7.74. The summed E-state index contributed by atoms with van der Waals surface area (Å²) in [5.41, 5.74) is 0.964. The van der Waals surface area contributed by atoms with E-state index >= 15 is 0 Å². The van der Waals surface area contributed by atoms with Gasteiger partial charge in [-0.3, -0.25) is 14.5 Å². The molecule has 1 heterocycles. The van der Waals surface area contributed by atoms with E-state index in [2.05, 4.69) is 24.1 Å². The molecule has 0 saturated heterocycles. The number of carboxylic acid groups (broad SMARTS) is 1. The molecule has 6 nitrogen and oxygen atoms in total. The lowest BCUT2D eigenvalue weighted by Crippen LogP contribution is -2.38. The third-order valence-electron chi connectivity index (χ3n) is 3.63. The highest BCUT2D eigenvalue weighted by molar-refractivity contribution is 5.94. The molecule has 1 atom stereocenters. The number of hydrogen-bond acceptors (Lipinski definition) is 4. The smallest absolute Gasteiger partial charge is 0.325 e. The molecular formula is C16H26N2O4. The number of aliphatic carboxylic acids is 1. The fourth-order valence-corrected chi connectivity index (χ4v) is 2.09. The molecule has 0 bridgehead atoms. The fraction of sp³-hybridized carbons (Fsp3) is 0.625. The number of carbonyl (C=O) groups excluding carboxylic acids is 1. The molecule has 0 aliphatic heterocycles. The Bertz CT molecular complexity index is 510. The summed E-state index contributed by atoms with van der Waals surface area (Å²) in [5, 5.41) is 11.2. The average molecular weight is 310 g/mol. The number of rotatable bonds is 9. The summed E-state index contributed by atoms with van der Waals surface area (Å²) in [6.07, 6.45) is 2.27. The van der Waals surface area contributed by atoms with Gasteiger partial charge in [-0.1, -0.05) is 20.3 Å². The normalized spacial score (nSPS) is 12.4. The Morgan fingerprint density at radius 1 is 1.41 bits per heavy atom. The molecule has 0 spiro atoms. The lowest BCUT2D eigenvalue weighted by molar-refractivity contribution is -0.138.